The van der Waals surface area contributed by atoms with Gasteiger partial charge in [0.1, 0.15) is 5.75 Å². The zero-order chi connectivity index (χ0) is 48.6. The molecule has 0 saturated heterocycles. The predicted octanol–water partition coefficient (Wildman–Crippen LogP) is 17.1. The molecule has 0 aliphatic rings. The molecule has 354 valence electrons. The number of nitrogens with zero attached hydrogens (tertiary/aromatic N) is 4. The Morgan fingerprint density at radius 2 is 0.889 bits per heavy atom. The first-order chi connectivity index (χ1) is 34.4. The van der Waals surface area contributed by atoms with Gasteiger partial charge in [0.25, 0.3) is 0 Å². The minimum absolute atomic E-state index is 0. The minimum atomic E-state index is -0.0566. The SMILES string of the molecule is CC(C)(C)c1cc(-c2cc(-c3[c-]c(-c4cc(-c5cccc6c7ccccc7n(-c7ccc(-n8c9ccccc9c9ccccc98)cc7)c56)ccn4)ccc3)nc(-c3ccccc3O)c2)cc(C(C)(C)C)c1.[Pt]. The van der Waals surface area contributed by atoms with Crippen LogP contribution in [0.5, 0.6) is 5.75 Å². The Balaban J connectivity index is 0.00000560. The summed E-state index contributed by atoms with van der Waals surface area (Å²) >= 11 is 0. The number of phenols is 1. The van der Waals surface area contributed by atoms with E-state index in [4.69, 9.17) is 9.97 Å². The van der Waals surface area contributed by atoms with Crippen molar-refractivity contribution in [3.8, 4) is 73.2 Å². The second-order valence-corrected chi connectivity index (χ2v) is 20.8. The van der Waals surface area contributed by atoms with Gasteiger partial charge in [0, 0.05) is 82.7 Å². The molecule has 0 aliphatic carbocycles. The molecule has 8 aromatic carbocycles. The number of rotatable bonds is 7. The molecule has 12 rings (SSSR count). The molecule has 0 fully saturated rings. The summed E-state index contributed by atoms with van der Waals surface area (Å²) in [7, 11) is 0. The van der Waals surface area contributed by atoms with E-state index in [1.165, 1.54) is 43.7 Å². The Hall–Kier alpha value is -7.85. The number of fused-ring (bicyclic) bond motifs is 6. The van der Waals surface area contributed by atoms with Crippen LogP contribution in [0.25, 0.3) is 111 Å². The molecule has 0 bridgehead atoms. The van der Waals surface area contributed by atoms with E-state index < -0.39 is 0 Å². The first-order valence-corrected chi connectivity index (χ1v) is 24.4. The number of aromatic hydroxyl groups is 1. The van der Waals surface area contributed by atoms with Crippen LogP contribution in [0.3, 0.4) is 0 Å². The number of benzene rings is 8. The summed E-state index contributed by atoms with van der Waals surface area (Å²) in [5.74, 6) is 0.186. The number of phenolic OH excluding ortho intramolecular Hbond substituents is 1. The minimum Gasteiger partial charge on any atom is -0.507 e. The van der Waals surface area contributed by atoms with Crippen LogP contribution in [-0.2, 0) is 31.9 Å². The van der Waals surface area contributed by atoms with Crippen LogP contribution < -0.4 is 0 Å². The van der Waals surface area contributed by atoms with Crippen LogP contribution in [0.1, 0.15) is 52.7 Å². The van der Waals surface area contributed by atoms with Gasteiger partial charge in [0.2, 0.25) is 0 Å². The molecular weight excluding hydrogens is 1060 g/mol. The fourth-order valence-electron chi connectivity index (χ4n) is 10.3. The molecular formula is C66H53N4OPt-. The van der Waals surface area contributed by atoms with Gasteiger partial charge in [0.05, 0.1) is 27.8 Å². The first-order valence-electron chi connectivity index (χ1n) is 24.4. The van der Waals surface area contributed by atoms with Crippen LogP contribution >= 0.6 is 0 Å². The van der Waals surface area contributed by atoms with Crippen molar-refractivity contribution in [1.29, 1.82) is 0 Å². The van der Waals surface area contributed by atoms with Crippen molar-refractivity contribution >= 4 is 43.6 Å². The van der Waals surface area contributed by atoms with Crippen molar-refractivity contribution in [2.45, 2.75) is 52.4 Å². The summed E-state index contributed by atoms with van der Waals surface area (Å²) in [5.41, 5.74) is 18.2. The van der Waals surface area contributed by atoms with Crippen LogP contribution in [0, 0.1) is 6.07 Å². The maximum absolute atomic E-state index is 11.1. The van der Waals surface area contributed by atoms with Gasteiger partial charge in [-0.3, -0.25) is 9.97 Å². The Bertz CT molecular complexity index is 3950. The summed E-state index contributed by atoms with van der Waals surface area (Å²) in [6, 6.07) is 74.5. The summed E-state index contributed by atoms with van der Waals surface area (Å²) in [4.78, 5) is 10.2. The number of pyridine rings is 2. The maximum Gasteiger partial charge on any atom is 0.124 e. The van der Waals surface area contributed by atoms with E-state index in [0.717, 1.165) is 67.2 Å². The predicted molar refractivity (Wildman–Crippen MR) is 296 cm³/mol. The van der Waals surface area contributed by atoms with Crippen LogP contribution in [0.15, 0.2) is 206 Å². The van der Waals surface area contributed by atoms with Crippen molar-refractivity contribution in [2.24, 2.45) is 0 Å². The Kier molecular flexibility index (Phi) is 11.7. The molecule has 72 heavy (non-hydrogen) atoms. The molecule has 4 heterocycles. The molecule has 0 aliphatic heterocycles. The molecule has 0 spiro atoms. The fourth-order valence-corrected chi connectivity index (χ4v) is 10.3. The Labute approximate surface area is 435 Å². The van der Waals surface area contributed by atoms with Crippen LogP contribution in [0.4, 0.5) is 0 Å². The van der Waals surface area contributed by atoms with E-state index >= 15 is 0 Å². The van der Waals surface area contributed by atoms with Crippen molar-refractivity contribution in [3.05, 3.63) is 224 Å². The van der Waals surface area contributed by atoms with Gasteiger partial charge in [-0.15, -0.1) is 24.3 Å². The van der Waals surface area contributed by atoms with Crippen molar-refractivity contribution < 1.29 is 26.2 Å². The summed E-state index contributed by atoms with van der Waals surface area (Å²) in [6.07, 6.45) is 1.90. The zero-order valence-corrected chi connectivity index (χ0v) is 43.5. The fraction of sp³-hybridized carbons (Fsp3) is 0.121. The van der Waals surface area contributed by atoms with Crippen molar-refractivity contribution in [1.82, 2.24) is 19.1 Å². The van der Waals surface area contributed by atoms with E-state index in [1.807, 2.05) is 24.4 Å². The van der Waals surface area contributed by atoms with Gasteiger partial charge in [-0.25, -0.2) is 0 Å². The summed E-state index contributed by atoms with van der Waals surface area (Å²) in [5, 5.41) is 16.0. The second-order valence-electron chi connectivity index (χ2n) is 20.8. The topological polar surface area (TPSA) is 55.9 Å². The van der Waals surface area contributed by atoms with E-state index in [0.29, 0.717) is 11.3 Å². The van der Waals surface area contributed by atoms with Crippen LogP contribution in [0.2, 0.25) is 0 Å². The number of para-hydroxylation sites is 5. The van der Waals surface area contributed by atoms with Gasteiger partial charge >= 0.3 is 0 Å². The maximum atomic E-state index is 11.1. The Morgan fingerprint density at radius 1 is 0.417 bits per heavy atom. The molecule has 0 atom stereocenters. The second kappa shape index (κ2) is 18.1. The van der Waals surface area contributed by atoms with Gasteiger partial charge in [-0.05, 0) is 105 Å². The summed E-state index contributed by atoms with van der Waals surface area (Å²) in [6.45, 7) is 13.6. The Morgan fingerprint density at radius 3 is 1.51 bits per heavy atom. The third-order valence-corrected chi connectivity index (χ3v) is 14.1. The summed E-state index contributed by atoms with van der Waals surface area (Å²) < 4.78 is 4.77. The van der Waals surface area contributed by atoms with Crippen molar-refractivity contribution in [3.63, 3.8) is 0 Å². The third kappa shape index (κ3) is 8.22. The normalized spacial score (nSPS) is 12.0. The molecule has 0 amide bonds. The van der Waals surface area contributed by atoms with Crippen LogP contribution in [-0.4, -0.2) is 24.2 Å². The number of aromatic nitrogens is 4. The molecule has 1 N–H and O–H groups in total. The molecule has 0 radical (unpaired) electrons. The molecule has 12 aromatic rings. The smallest absolute Gasteiger partial charge is 0.124 e. The molecule has 6 heteroatoms. The molecule has 5 nitrogen and oxygen atoms in total. The van der Waals surface area contributed by atoms with Gasteiger partial charge in [0.15, 0.2) is 0 Å². The van der Waals surface area contributed by atoms with Gasteiger partial charge in [-0.2, -0.15) is 0 Å². The van der Waals surface area contributed by atoms with Crippen molar-refractivity contribution in [2.75, 3.05) is 0 Å². The molecule has 0 unspecified atom stereocenters. The average Bonchev–Trinajstić information content (AvgIpc) is 3.91. The third-order valence-electron chi connectivity index (χ3n) is 14.1. The van der Waals surface area contributed by atoms with E-state index in [1.54, 1.807) is 6.07 Å². The number of hydrogen-bond acceptors (Lipinski definition) is 3. The van der Waals surface area contributed by atoms with Gasteiger partial charge in [-0.1, -0.05) is 168 Å². The molecule has 4 aromatic heterocycles. The number of hydrogen-bond donors (Lipinski definition) is 1. The average molecular weight is 1110 g/mol. The van der Waals surface area contributed by atoms with E-state index in [2.05, 4.69) is 233 Å². The first kappa shape index (κ1) is 46.5. The molecule has 0 saturated carbocycles. The van der Waals surface area contributed by atoms with E-state index in [-0.39, 0.29) is 37.6 Å². The monoisotopic (exact) mass is 1110 g/mol. The quantitative estimate of drug-likeness (QED) is 0.162. The standard InChI is InChI=1S/C66H53N4O.Pt/c1-65(2,3)47-36-45(37-48(41-47)66(4,5)6)46-39-58(68-59(40-46)56-22-10-14-28-63(56)71)44-18-15-17-43(35-44)57-38-42(33-34-67-57)51-23-16-24-55-54-21-9-13-27-62(54)70(64(51)55)50-31-29-49(30-32-50)69-60-25-11-7-19-52(60)53-20-8-12-26-61(53)69;/h7-34,36-41,71H,1-6H3;/q-1;. The van der Waals surface area contributed by atoms with Gasteiger partial charge < -0.3 is 14.2 Å². The largest absolute Gasteiger partial charge is 0.507 e. The van der Waals surface area contributed by atoms with E-state index in [9.17, 15) is 5.11 Å². The zero-order valence-electron chi connectivity index (χ0n) is 41.2.